The van der Waals surface area contributed by atoms with Crippen LogP contribution in [0.2, 0.25) is 0 Å². The predicted molar refractivity (Wildman–Crippen MR) is 112 cm³/mol. The van der Waals surface area contributed by atoms with Crippen molar-refractivity contribution in [2.24, 2.45) is 5.10 Å². The zero-order valence-corrected chi connectivity index (χ0v) is 16.8. The average Bonchev–Trinajstić information content (AvgIpc) is 3.18. The van der Waals surface area contributed by atoms with E-state index in [0.717, 1.165) is 41.5 Å². The van der Waals surface area contributed by atoms with Gasteiger partial charge < -0.3 is 0 Å². The first-order chi connectivity index (χ1) is 13.8. The highest BCUT2D eigenvalue weighted by atomic mass is 32.2. The highest BCUT2D eigenvalue weighted by Gasteiger charge is 2.22. The average molecular weight is 397 g/mol. The van der Waals surface area contributed by atoms with Gasteiger partial charge in [0.2, 0.25) is 0 Å². The first-order valence-electron chi connectivity index (χ1n) is 9.81. The summed E-state index contributed by atoms with van der Waals surface area (Å²) < 4.78 is 1.99. The molecule has 1 N–H and O–H groups in total. The van der Waals surface area contributed by atoms with Crippen molar-refractivity contribution in [2.45, 2.75) is 56.6 Å². The summed E-state index contributed by atoms with van der Waals surface area (Å²) in [6, 6.07) is 6.05. The molecule has 3 aromatic rings. The molecule has 3 aromatic heterocycles. The van der Waals surface area contributed by atoms with Gasteiger partial charge in [-0.25, -0.2) is 14.6 Å². The standard InChI is InChI=1S/C19H24N8S/c1-2-12-28-19-22-17(25-21-13-14-8-6-7-11-20-14)16-18(23-19)27(26-24-16)15-9-4-3-5-10-15/h6-8,11,13,15H,2-5,9-10,12H2,1H3,(H,22,23,25)/b21-13+. The summed E-state index contributed by atoms with van der Waals surface area (Å²) >= 11 is 1.64. The smallest absolute Gasteiger partial charge is 0.191 e. The molecular formula is C19H24N8S. The number of pyridine rings is 1. The van der Waals surface area contributed by atoms with E-state index >= 15 is 0 Å². The maximum atomic E-state index is 4.76. The van der Waals surface area contributed by atoms with Crippen molar-refractivity contribution in [3.63, 3.8) is 0 Å². The summed E-state index contributed by atoms with van der Waals surface area (Å²) in [4.78, 5) is 13.6. The molecule has 0 amide bonds. The van der Waals surface area contributed by atoms with E-state index in [9.17, 15) is 0 Å². The van der Waals surface area contributed by atoms with E-state index < -0.39 is 0 Å². The maximum Gasteiger partial charge on any atom is 0.191 e. The Labute approximate surface area is 168 Å². The summed E-state index contributed by atoms with van der Waals surface area (Å²) in [6.45, 7) is 2.15. The zero-order valence-electron chi connectivity index (χ0n) is 16.0. The number of hydrogen-bond acceptors (Lipinski definition) is 8. The lowest BCUT2D eigenvalue weighted by Crippen LogP contribution is -2.15. The van der Waals surface area contributed by atoms with Gasteiger partial charge in [-0.15, -0.1) is 5.10 Å². The predicted octanol–water partition coefficient (Wildman–Crippen LogP) is 4.07. The summed E-state index contributed by atoms with van der Waals surface area (Å²) in [5.74, 6) is 1.55. The molecule has 1 aliphatic carbocycles. The topological polar surface area (TPSA) is 93.8 Å². The third-order valence-electron chi connectivity index (χ3n) is 4.71. The molecule has 0 aromatic carbocycles. The van der Waals surface area contributed by atoms with Crippen LogP contribution in [-0.4, -0.2) is 41.9 Å². The van der Waals surface area contributed by atoms with Gasteiger partial charge in [-0.05, 0) is 31.4 Å². The van der Waals surface area contributed by atoms with Crippen molar-refractivity contribution < 1.29 is 0 Å². The number of nitrogens with zero attached hydrogens (tertiary/aromatic N) is 7. The maximum absolute atomic E-state index is 4.76. The molecule has 0 aliphatic heterocycles. The summed E-state index contributed by atoms with van der Waals surface area (Å²) in [5.41, 5.74) is 5.23. The van der Waals surface area contributed by atoms with Crippen LogP contribution in [0.25, 0.3) is 11.2 Å². The van der Waals surface area contributed by atoms with Crippen molar-refractivity contribution in [1.82, 2.24) is 29.9 Å². The van der Waals surface area contributed by atoms with E-state index in [0.29, 0.717) is 17.4 Å². The van der Waals surface area contributed by atoms with Gasteiger partial charge in [0.15, 0.2) is 22.1 Å². The largest absolute Gasteiger partial charge is 0.259 e. The Kier molecular flexibility index (Phi) is 6.11. The van der Waals surface area contributed by atoms with Crippen LogP contribution in [0, 0.1) is 0 Å². The van der Waals surface area contributed by atoms with Crippen molar-refractivity contribution in [1.29, 1.82) is 0 Å². The SMILES string of the molecule is CCCSc1nc(N/N=C/c2ccccn2)c2nnn(C3CCCCC3)c2n1. The lowest BCUT2D eigenvalue weighted by Gasteiger charge is -2.21. The lowest BCUT2D eigenvalue weighted by molar-refractivity contribution is 0.330. The van der Waals surface area contributed by atoms with Gasteiger partial charge in [0, 0.05) is 11.9 Å². The van der Waals surface area contributed by atoms with Gasteiger partial charge in [-0.1, -0.05) is 49.2 Å². The Morgan fingerprint density at radius 1 is 1.25 bits per heavy atom. The Bertz CT molecular complexity index is 934. The third-order valence-corrected chi connectivity index (χ3v) is 5.77. The van der Waals surface area contributed by atoms with Crippen molar-refractivity contribution in [3.05, 3.63) is 30.1 Å². The Morgan fingerprint density at radius 3 is 2.93 bits per heavy atom. The zero-order chi connectivity index (χ0) is 19.2. The van der Waals surface area contributed by atoms with E-state index in [4.69, 9.17) is 4.98 Å². The van der Waals surface area contributed by atoms with E-state index in [2.05, 4.69) is 37.7 Å². The van der Waals surface area contributed by atoms with E-state index in [1.54, 1.807) is 24.2 Å². The summed E-state index contributed by atoms with van der Waals surface area (Å²) in [5, 5.41) is 13.8. The first kappa shape index (κ1) is 18.8. The van der Waals surface area contributed by atoms with Gasteiger partial charge >= 0.3 is 0 Å². The molecule has 1 fully saturated rings. The highest BCUT2D eigenvalue weighted by molar-refractivity contribution is 7.99. The van der Waals surface area contributed by atoms with Crippen LogP contribution in [0.3, 0.4) is 0 Å². The fourth-order valence-corrected chi connectivity index (χ4v) is 4.02. The molecule has 0 unspecified atom stereocenters. The molecule has 0 spiro atoms. The quantitative estimate of drug-likeness (QED) is 0.278. The van der Waals surface area contributed by atoms with Crippen LogP contribution >= 0.6 is 11.8 Å². The summed E-state index contributed by atoms with van der Waals surface area (Å²) in [7, 11) is 0. The fraction of sp³-hybridized carbons (Fsp3) is 0.474. The second-order valence-corrected chi connectivity index (χ2v) is 7.89. The molecule has 1 saturated carbocycles. The molecule has 1 aliphatic rings. The molecule has 3 heterocycles. The highest BCUT2D eigenvalue weighted by Crippen LogP contribution is 2.31. The molecule has 4 rings (SSSR count). The van der Waals surface area contributed by atoms with Gasteiger partial charge in [-0.3, -0.25) is 10.4 Å². The molecule has 28 heavy (non-hydrogen) atoms. The molecule has 0 saturated heterocycles. The second-order valence-electron chi connectivity index (χ2n) is 6.83. The van der Waals surface area contributed by atoms with Gasteiger partial charge in [-0.2, -0.15) is 5.10 Å². The van der Waals surface area contributed by atoms with Crippen LogP contribution in [-0.2, 0) is 0 Å². The van der Waals surface area contributed by atoms with Crippen LogP contribution in [0.15, 0.2) is 34.7 Å². The minimum absolute atomic E-state index is 0.363. The van der Waals surface area contributed by atoms with Gasteiger partial charge in [0.25, 0.3) is 0 Å². The lowest BCUT2D eigenvalue weighted by atomic mass is 9.96. The molecule has 8 nitrogen and oxygen atoms in total. The molecular weight excluding hydrogens is 372 g/mol. The monoisotopic (exact) mass is 396 g/mol. The first-order valence-corrected chi connectivity index (χ1v) is 10.8. The van der Waals surface area contributed by atoms with E-state index in [1.165, 1.54) is 19.3 Å². The van der Waals surface area contributed by atoms with Crippen LogP contribution < -0.4 is 5.43 Å². The fourth-order valence-electron chi connectivity index (χ4n) is 3.33. The van der Waals surface area contributed by atoms with Crippen LogP contribution in [0.5, 0.6) is 0 Å². The molecule has 146 valence electrons. The Balaban J connectivity index is 1.65. The number of thioether (sulfide) groups is 1. The normalized spacial score (nSPS) is 15.5. The number of hydrazone groups is 1. The number of aromatic nitrogens is 6. The number of nitrogens with one attached hydrogen (secondary N) is 1. The van der Waals surface area contributed by atoms with Crippen molar-refractivity contribution in [2.75, 3.05) is 11.2 Å². The number of rotatable bonds is 7. The van der Waals surface area contributed by atoms with Crippen LogP contribution in [0.4, 0.5) is 5.82 Å². The molecule has 0 radical (unpaired) electrons. The van der Waals surface area contributed by atoms with Crippen molar-refractivity contribution >= 4 is 35.0 Å². The van der Waals surface area contributed by atoms with E-state index in [1.807, 2.05) is 22.9 Å². The number of fused-ring (bicyclic) bond motifs is 1. The number of anilines is 1. The molecule has 9 heteroatoms. The minimum atomic E-state index is 0.363. The van der Waals surface area contributed by atoms with Crippen LogP contribution in [0.1, 0.15) is 57.2 Å². The summed E-state index contributed by atoms with van der Waals surface area (Å²) in [6.07, 6.45) is 10.5. The Morgan fingerprint density at radius 2 is 2.14 bits per heavy atom. The Hall–Kier alpha value is -2.55. The second kappa shape index (κ2) is 9.09. The van der Waals surface area contributed by atoms with Gasteiger partial charge in [0.1, 0.15) is 0 Å². The van der Waals surface area contributed by atoms with Gasteiger partial charge in [0.05, 0.1) is 18.0 Å². The van der Waals surface area contributed by atoms with E-state index in [-0.39, 0.29) is 0 Å². The number of hydrogen-bond donors (Lipinski definition) is 1. The van der Waals surface area contributed by atoms with Crippen molar-refractivity contribution in [3.8, 4) is 0 Å². The third kappa shape index (κ3) is 4.30. The molecule has 0 bridgehead atoms. The minimum Gasteiger partial charge on any atom is -0.259 e. The molecule has 0 atom stereocenters.